The van der Waals surface area contributed by atoms with Gasteiger partial charge in [0.15, 0.2) is 5.82 Å². The van der Waals surface area contributed by atoms with Gasteiger partial charge in [0.1, 0.15) is 27.8 Å². The molecule has 3 aromatic rings. The highest BCUT2D eigenvalue weighted by atomic mass is 32.1. The zero-order valence-electron chi connectivity index (χ0n) is 17.5. The molecule has 0 spiro atoms. The van der Waals surface area contributed by atoms with Crippen molar-refractivity contribution in [2.24, 2.45) is 4.99 Å². The molecule has 8 nitrogen and oxygen atoms in total. The van der Waals surface area contributed by atoms with Crippen molar-refractivity contribution in [2.75, 3.05) is 26.8 Å². The standard InChI is InChI=1S/C23H22N4O4S/c1-30-17-8-3-2-6-14(17)18-12-27(10-11-31-18)23(29)15-13-32-20-19(15)25-21(26-22(20)28)16-7-4-5-9-24-16/h2-3,6-9,13,18H,4-5,10-12H2,1H3,(H,25,26,28). The summed E-state index contributed by atoms with van der Waals surface area (Å²) in [6, 6.07) is 7.65. The number of carbonyl (C=O) groups excluding carboxylic acids is 1. The Balaban J connectivity index is 1.47. The maximum absolute atomic E-state index is 13.5. The molecule has 4 heterocycles. The van der Waals surface area contributed by atoms with Gasteiger partial charge >= 0.3 is 0 Å². The molecule has 1 atom stereocenters. The van der Waals surface area contributed by atoms with Crippen molar-refractivity contribution in [1.82, 2.24) is 14.9 Å². The van der Waals surface area contributed by atoms with Crippen LogP contribution in [0.1, 0.15) is 40.7 Å². The minimum absolute atomic E-state index is 0.162. The number of carbonyl (C=O) groups is 1. The summed E-state index contributed by atoms with van der Waals surface area (Å²) >= 11 is 1.23. The Kier molecular flexibility index (Phi) is 5.59. The van der Waals surface area contributed by atoms with Crippen LogP contribution in [-0.4, -0.2) is 53.8 Å². The number of aromatic amines is 1. The molecule has 164 valence electrons. The fourth-order valence-corrected chi connectivity index (χ4v) is 4.87. The van der Waals surface area contributed by atoms with Crippen molar-refractivity contribution in [2.45, 2.75) is 18.9 Å². The molecular weight excluding hydrogens is 428 g/mol. The number of amides is 1. The number of nitrogens with one attached hydrogen (secondary N) is 1. The molecule has 1 aromatic carbocycles. The normalized spacial score (nSPS) is 18.6. The molecule has 1 saturated heterocycles. The lowest BCUT2D eigenvalue weighted by Crippen LogP contribution is -2.42. The number of allylic oxidation sites excluding steroid dienone is 1. The lowest BCUT2D eigenvalue weighted by atomic mass is 10.1. The number of H-pyrrole nitrogens is 1. The Morgan fingerprint density at radius 3 is 3.00 bits per heavy atom. The molecular formula is C23H22N4O4S. The second-order valence-electron chi connectivity index (χ2n) is 7.57. The number of thiophene rings is 1. The number of fused-ring (bicyclic) bond motifs is 1. The van der Waals surface area contributed by atoms with Crippen LogP contribution >= 0.6 is 11.3 Å². The van der Waals surface area contributed by atoms with Gasteiger partial charge in [-0.3, -0.25) is 14.6 Å². The Bertz CT molecular complexity index is 1290. The van der Waals surface area contributed by atoms with Crippen molar-refractivity contribution in [3.8, 4) is 5.75 Å². The predicted octanol–water partition coefficient (Wildman–Crippen LogP) is 3.41. The third-order valence-electron chi connectivity index (χ3n) is 5.60. The van der Waals surface area contributed by atoms with Gasteiger partial charge in [-0.15, -0.1) is 11.3 Å². The van der Waals surface area contributed by atoms with Gasteiger partial charge in [0, 0.05) is 23.7 Å². The van der Waals surface area contributed by atoms with E-state index in [0.717, 1.165) is 24.2 Å². The van der Waals surface area contributed by atoms with Crippen molar-refractivity contribution >= 4 is 39.4 Å². The number of aromatic nitrogens is 2. The Hall–Kier alpha value is -3.30. The fraction of sp³-hybridized carbons (Fsp3) is 0.304. The number of hydrogen-bond acceptors (Lipinski definition) is 7. The zero-order valence-corrected chi connectivity index (χ0v) is 18.4. The molecule has 2 aromatic heterocycles. The smallest absolute Gasteiger partial charge is 0.269 e. The number of ether oxygens (including phenoxy) is 2. The third-order valence-corrected chi connectivity index (χ3v) is 6.57. The number of hydrogen-bond donors (Lipinski definition) is 1. The highest BCUT2D eigenvalue weighted by molar-refractivity contribution is 7.17. The van der Waals surface area contributed by atoms with Gasteiger partial charge in [-0.1, -0.05) is 24.3 Å². The van der Waals surface area contributed by atoms with Crippen LogP contribution in [-0.2, 0) is 4.74 Å². The number of aliphatic imine (C=N–C) groups is 1. The van der Waals surface area contributed by atoms with E-state index in [1.165, 1.54) is 11.3 Å². The third kappa shape index (κ3) is 3.74. The molecule has 1 fully saturated rings. The Morgan fingerprint density at radius 2 is 2.19 bits per heavy atom. The molecule has 1 unspecified atom stereocenters. The van der Waals surface area contributed by atoms with E-state index in [9.17, 15) is 9.59 Å². The largest absolute Gasteiger partial charge is 0.496 e. The van der Waals surface area contributed by atoms with Crippen LogP contribution in [0.15, 0.2) is 45.5 Å². The lowest BCUT2D eigenvalue weighted by molar-refractivity contribution is -0.0236. The molecule has 32 heavy (non-hydrogen) atoms. The first-order valence-corrected chi connectivity index (χ1v) is 11.3. The molecule has 1 N–H and O–H groups in total. The lowest BCUT2D eigenvalue weighted by Gasteiger charge is -2.33. The predicted molar refractivity (Wildman–Crippen MR) is 124 cm³/mol. The van der Waals surface area contributed by atoms with E-state index in [1.807, 2.05) is 36.6 Å². The first kappa shape index (κ1) is 20.6. The first-order chi connectivity index (χ1) is 15.7. The van der Waals surface area contributed by atoms with Gasteiger partial charge in [0.2, 0.25) is 0 Å². The van der Waals surface area contributed by atoms with Gasteiger partial charge in [-0.05, 0) is 18.9 Å². The minimum atomic E-state index is -0.289. The molecule has 0 bridgehead atoms. The van der Waals surface area contributed by atoms with Gasteiger partial charge in [0.25, 0.3) is 11.5 Å². The van der Waals surface area contributed by atoms with Crippen LogP contribution in [0.25, 0.3) is 15.9 Å². The average molecular weight is 451 g/mol. The van der Waals surface area contributed by atoms with E-state index < -0.39 is 0 Å². The molecule has 9 heteroatoms. The summed E-state index contributed by atoms with van der Waals surface area (Å²) < 4.78 is 11.8. The van der Waals surface area contributed by atoms with Crippen LogP contribution in [0, 0.1) is 0 Å². The summed E-state index contributed by atoms with van der Waals surface area (Å²) in [6.07, 6.45) is 5.17. The van der Waals surface area contributed by atoms with Crippen LogP contribution in [0.4, 0.5) is 0 Å². The summed E-state index contributed by atoms with van der Waals surface area (Å²) in [5, 5.41) is 1.71. The van der Waals surface area contributed by atoms with Crippen LogP contribution in [0.3, 0.4) is 0 Å². The maximum atomic E-state index is 13.5. The first-order valence-electron chi connectivity index (χ1n) is 10.4. The van der Waals surface area contributed by atoms with Gasteiger partial charge in [0.05, 0.1) is 25.8 Å². The van der Waals surface area contributed by atoms with Crippen molar-refractivity contribution in [3.63, 3.8) is 0 Å². The summed E-state index contributed by atoms with van der Waals surface area (Å²) in [5.41, 5.74) is 2.12. The summed E-state index contributed by atoms with van der Waals surface area (Å²) in [4.78, 5) is 39.6. The fourth-order valence-electron chi connectivity index (χ4n) is 3.99. The van der Waals surface area contributed by atoms with Gasteiger partial charge in [-0.2, -0.15) is 0 Å². The van der Waals surface area contributed by atoms with Crippen molar-refractivity contribution < 1.29 is 14.3 Å². The second kappa shape index (κ2) is 8.68. The Labute approximate surface area is 188 Å². The topological polar surface area (TPSA) is 96.9 Å². The summed E-state index contributed by atoms with van der Waals surface area (Å²) in [6.45, 7) is 1.27. The zero-order chi connectivity index (χ0) is 22.1. The quantitative estimate of drug-likeness (QED) is 0.657. The molecule has 2 aliphatic heterocycles. The van der Waals surface area contributed by atoms with Crippen LogP contribution < -0.4 is 10.3 Å². The van der Waals surface area contributed by atoms with E-state index in [1.54, 1.807) is 17.4 Å². The summed E-state index contributed by atoms with van der Waals surface area (Å²) in [5.74, 6) is 0.955. The van der Waals surface area contributed by atoms with Crippen LogP contribution in [0.2, 0.25) is 0 Å². The SMILES string of the molecule is COc1ccccc1C1CN(C(=O)c2csc3c(=O)[nH]c(C4=CCCC=N4)nc23)CCO1. The second-order valence-corrected chi connectivity index (χ2v) is 8.45. The maximum Gasteiger partial charge on any atom is 0.269 e. The summed E-state index contributed by atoms with van der Waals surface area (Å²) in [7, 11) is 1.62. The molecule has 1 amide bonds. The monoisotopic (exact) mass is 450 g/mol. The van der Waals surface area contributed by atoms with E-state index in [2.05, 4.69) is 15.0 Å². The molecule has 0 radical (unpaired) electrons. The highest BCUT2D eigenvalue weighted by Crippen LogP contribution is 2.31. The Morgan fingerprint density at radius 1 is 1.31 bits per heavy atom. The number of methoxy groups -OCH3 is 1. The van der Waals surface area contributed by atoms with Crippen molar-refractivity contribution in [3.05, 3.63) is 63.0 Å². The van der Waals surface area contributed by atoms with Crippen molar-refractivity contribution in [1.29, 1.82) is 0 Å². The van der Waals surface area contributed by atoms with E-state index in [-0.39, 0.29) is 17.6 Å². The number of para-hydroxylation sites is 1. The van der Waals surface area contributed by atoms with E-state index >= 15 is 0 Å². The molecule has 5 rings (SSSR count). The number of rotatable bonds is 4. The van der Waals surface area contributed by atoms with E-state index in [4.69, 9.17) is 9.47 Å². The highest BCUT2D eigenvalue weighted by Gasteiger charge is 2.30. The number of nitrogens with zero attached hydrogens (tertiary/aromatic N) is 3. The van der Waals surface area contributed by atoms with E-state index in [0.29, 0.717) is 47.0 Å². The van der Waals surface area contributed by atoms with Gasteiger partial charge in [-0.25, -0.2) is 4.98 Å². The molecule has 0 aliphatic carbocycles. The minimum Gasteiger partial charge on any atom is -0.496 e. The van der Waals surface area contributed by atoms with Crippen LogP contribution in [0.5, 0.6) is 5.75 Å². The number of morpholine rings is 1. The molecule has 2 aliphatic rings. The van der Waals surface area contributed by atoms with Gasteiger partial charge < -0.3 is 19.4 Å². The molecule has 0 saturated carbocycles. The number of benzene rings is 1. The average Bonchev–Trinajstić information content (AvgIpc) is 3.29.